The van der Waals surface area contributed by atoms with Gasteiger partial charge in [0.05, 0.1) is 12.5 Å². The lowest BCUT2D eigenvalue weighted by Gasteiger charge is -2.32. The number of methoxy groups -OCH3 is 1. The molecule has 2 aromatic carbocycles. The van der Waals surface area contributed by atoms with Gasteiger partial charge in [0.1, 0.15) is 6.17 Å². The number of piperidine rings is 1. The number of esters is 1. The molecule has 2 amide bonds. The molecule has 0 radical (unpaired) electrons. The highest BCUT2D eigenvalue weighted by Gasteiger charge is 2.36. The monoisotopic (exact) mass is 479 g/mol. The van der Waals surface area contributed by atoms with E-state index in [1.165, 1.54) is 0 Å². The molecular formula is C27H33N3O5. The van der Waals surface area contributed by atoms with E-state index in [-0.39, 0.29) is 29.9 Å². The summed E-state index contributed by atoms with van der Waals surface area (Å²) in [5.74, 6) is -0.642. The van der Waals surface area contributed by atoms with Gasteiger partial charge in [0.2, 0.25) is 0 Å². The zero-order valence-corrected chi connectivity index (χ0v) is 20.4. The first-order valence-electron chi connectivity index (χ1n) is 12.2. The Bertz CT molecular complexity index is 1070. The Balaban J connectivity index is 1.50. The molecule has 1 N–H and O–H groups in total. The van der Waals surface area contributed by atoms with Crippen molar-refractivity contribution >= 4 is 23.5 Å². The summed E-state index contributed by atoms with van der Waals surface area (Å²) in [5, 5.41) is 3.47. The normalized spacial score (nSPS) is 19.4. The number of nitrogens with zero attached hydrogens (tertiary/aromatic N) is 2. The number of hydrogen-bond acceptors (Lipinski definition) is 6. The van der Waals surface area contributed by atoms with E-state index in [4.69, 9.17) is 9.47 Å². The molecule has 2 aliphatic rings. The third-order valence-corrected chi connectivity index (χ3v) is 6.55. The summed E-state index contributed by atoms with van der Waals surface area (Å²) in [6, 6.07) is 14.9. The maximum atomic E-state index is 13.3. The number of hydrogen-bond donors (Lipinski definition) is 1. The lowest BCUT2D eigenvalue weighted by molar-refractivity contribution is -0.149. The van der Waals surface area contributed by atoms with Crippen molar-refractivity contribution in [1.29, 1.82) is 0 Å². The fourth-order valence-electron chi connectivity index (χ4n) is 4.83. The molecule has 1 fully saturated rings. The van der Waals surface area contributed by atoms with Crippen LogP contribution in [0.1, 0.15) is 58.6 Å². The Morgan fingerprint density at radius 1 is 1.14 bits per heavy atom. The Labute approximate surface area is 206 Å². The highest BCUT2D eigenvalue weighted by Crippen LogP contribution is 2.34. The van der Waals surface area contributed by atoms with Crippen LogP contribution in [-0.4, -0.2) is 67.5 Å². The van der Waals surface area contributed by atoms with Crippen LogP contribution < -0.4 is 5.32 Å². The topological polar surface area (TPSA) is 88.2 Å². The molecule has 2 unspecified atom stereocenters. The molecular weight excluding hydrogens is 446 g/mol. The maximum Gasteiger partial charge on any atom is 0.310 e. The predicted molar refractivity (Wildman–Crippen MR) is 132 cm³/mol. The van der Waals surface area contributed by atoms with Gasteiger partial charge in [0.15, 0.2) is 0 Å². The van der Waals surface area contributed by atoms with Crippen LogP contribution in [0.3, 0.4) is 0 Å². The molecule has 2 atom stereocenters. The van der Waals surface area contributed by atoms with E-state index in [2.05, 4.69) is 5.32 Å². The third kappa shape index (κ3) is 5.48. The third-order valence-electron chi connectivity index (χ3n) is 6.55. The van der Waals surface area contributed by atoms with Gasteiger partial charge < -0.3 is 24.6 Å². The van der Waals surface area contributed by atoms with Crippen LogP contribution in [0.25, 0.3) is 0 Å². The number of likely N-dealkylation sites (tertiary alicyclic amines) is 1. The number of carbonyl (C=O) groups is 3. The molecule has 8 nitrogen and oxygen atoms in total. The molecule has 0 aliphatic carbocycles. The molecule has 0 bridgehead atoms. The number of carbonyl (C=O) groups excluding carboxylic acids is 3. The molecule has 0 spiro atoms. The molecule has 35 heavy (non-hydrogen) atoms. The minimum Gasteiger partial charge on any atom is -0.466 e. The van der Waals surface area contributed by atoms with Gasteiger partial charge in [-0.15, -0.1) is 0 Å². The van der Waals surface area contributed by atoms with Crippen LogP contribution in [0.2, 0.25) is 0 Å². The van der Waals surface area contributed by atoms with Crippen LogP contribution in [0, 0.1) is 5.92 Å². The maximum absolute atomic E-state index is 13.3. The van der Waals surface area contributed by atoms with E-state index in [1.54, 1.807) is 25.0 Å². The van der Waals surface area contributed by atoms with E-state index < -0.39 is 0 Å². The molecule has 2 heterocycles. The summed E-state index contributed by atoms with van der Waals surface area (Å²) in [6.07, 6.45) is 1.90. The van der Waals surface area contributed by atoms with Crippen LogP contribution >= 0.6 is 0 Å². The molecule has 186 valence electrons. The van der Waals surface area contributed by atoms with Gasteiger partial charge in [-0.3, -0.25) is 14.4 Å². The van der Waals surface area contributed by atoms with Crippen molar-refractivity contribution in [1.82, 2.24) is 9.80 Å². The second-order valence-electron chi connectivity index (χ2n) is 8.90. The SMILES string of the molecule is CCOC(=O)C1CCCN(C(=O)c2cccc(NC3c4ccccc4C(=O)N3CCCOC)c2)C1. The lowest BCUT2D eigenvalue weighted by Crippen LogP contribution is -2.42. The zero-order chi connectivity index (χ0) is 24.8. The van der Waals surface area contributed by atoms with Gasteiger partial charge in [0, 0.05) is 55.7 Å². The van der Waals surface area contributed by atoms with E-state index in [0.29, 0.717) is 44.0 Å². The molecule has 2 aromatic rings. The zero-order valence-electron chi connectivity index (χ0n) is 20.4. The van der Waals surface area contributed by atoms with E-state index >= 15 is 0 Å². The largest absolute Gasteiger partial charge is 0.466 e. The average molecular weight is 480 g/mol. The Morgan fingerprint density at radius 3 is 2.77 bits per heavy atom. The molecule has 8 heteroatoms. The molecule has 0 aromatic heterocycles. The summed E-state index contributed by atoms with van der Waals surface area (Å²) in [4.78, 5) is 42.1. The number of benzene rings is 2. The van der Waals surface area contributed by atoms with Gasteiger partial charge in [0.25, 0.3) is 11.8 Å². The van der Waals surface area contributed by atoms with Crippen molar-refractivity contribution in [2.75, 3.05) is 45.3 Å². The second-order valence-corrected chi connectivity index (χ2v) is 8.90. The van der Waals surface area contributed by atoms with Crippen molar-refractivity contribution in [2.45, 2.75) is 32.4 Å². The Hall–Kier alpha value is -3.39. The van der Waals surface area contributed by atoms with Crippen LogP contribution in [-0.2, 0) is 14.3 Å². The van der Waals surface area contributed by atoms with Gasteiger partial charge in [-0.1, -0.05) is 24.3 Å². The second kappa shape index (κ2) is 11.4. The van der Waals surface area contributed by atoms with E-state index in [1.807, 2.05) is 47.4 Å². The fraction of sp³-hybridized carbons (Fsp3) is 0.444. The molecule has 2 aliphatic heterocycles. The predicted octanol–water partition coefficient (Wildman–Crippen LogP) is 3.70. The summed E-state index contributed by atoms with van der Waals surface area (Å²) in [6.45, 7) is 4.24. The molecule has 4 rings (SSSR count). The van der Waals surface area contributed by atoms with Crippen molar-refractivity contribution in [3.8, 4) is 0 Å². The summed E-state index contributed by atoms with van der Waals surface area (Å²) in [7, 11) is 1.65. The van der Waals surface area contributed by atoms with Crippen LogP contribution in [0.5, 0.6) is 0 Å². The van der Waals surface area contributed by atoms with Gasteiger partial charge in [-0.05, 0) is 50.5 Å². The molecule has 1 saturated heterocycles. The summed E-state index contributed by atoms with van der Waals surface area (Å²) >= 11 is 0. The first-order chi connectivity index (χ1) is 17.0. The van der Waals surface area contributed by atoms with Gasteiger partial charge in [-0.2, -0.15) is 0 Å². The number of amides is 2. The highest BCUT2D eigenvalue weighted by molar-refractivity contribution is 5.99. The van der Waals surface area contributed by atoms with Crippen LogP contribution in [0.15, 0.2) is 48.5 Å². The standard InChI is InChI=1S/C27H33N3O5/c1-3-35-27(33)20-10-7-14-29(18-20)25(31)19-9-6-11-21(17-19)28-24-22-12-4-5-13-23(22)26(32)30(24)15-8-16-34-2/h4-6,9,11-13,17,20,24,28H,3,7-8,10,14-16,18H2,1-2H3. The first-order valence-corrected chi connectivity index (χ1v) is 12.2. The van der Waals surface area contributed by atoms with Gasteiger partial charge >= 0.3 is 5.97 Å². The average Bonchev–Trinajstić information content (AvgIpc) is 3.15. The summed E-state index contributed by atoms with van der Waals surface area (Å²) < 4.78 is 10.3. The quantitative estimate of drug-likeness (QED) is 0.436. The molecule has 0 saturated carbocycles. The van der Waals surface area contributed by atoms with E-state index in [0.717, 1.165) is 30.5 Å². The number of rotatable bonds is 9. The number of ether oxygens (including phenoxy) is 2. The minimum atomic E-state index is -0.330. The Morgan fingerprint density at radius 2 is 1.97 bits per heavy atom. The van der Waals surface area contributed by atoms with E-state index in [9.17, 15) is 14.4 Å². The first kappa shape index (κ1) is 24.7. The fourth-order valence-corrected chi connectivity index (χ4v) is 4.83. The lowest BCUT2D eigenvalue weighted by atomic mass is 9.97. The number of fused-ring (bicyclic) bond motifs is 1. The highest BCUT2D eigenvalue weighted by atomic mass is 16.5. The van der Waals surface area contributed by atoms with Gasteiger partial charge in [-0.25, -0.2) is 0 Å². The summed E-state index contributed by atoms with van der Waals surface area (Å²) in [5.41, 5.74) is 2.90. The smallest absolute Gasteiger partial charge is 0.310 e. The Kier molecular flexibility index (Phi) is 8.02. The number of anilines is 1. The van der Waals surface area contributed by atoms with Crippen molar-refractivity contribution in [3.63, 3.8) is 0 Å². The number of nitrogens with one attached hydrogen (secondary N) is 1. The minimum absolute atomic E-state index is 0.0141. The van der Waals surface area contributed by atoms with Crippen molar-refractivity contribution in [3.05, 3.63) is 65.2 Å². The van der Waals surface area contributed by atoms with Crippen molar-refractivity contribution < 1.29 is 23.9 Å². The van der Waals surface area contributed by atoms with Crippen LogP contribution in [0.4, 0.5) is 5.69 Å². The van der Waals surface area contributed by atoms with Crippen molar-refractivity contribution in [2.24, 2.45) is 5.92 Å².